The van der Waals surface area contributed by atoms with Gasteiger partial charge in [0.15, 0.2) is 0 Å². The summed E-state index contributed by atoms with van der Waals surface area (Å²) >= 11 is 0. The lowest BCUT2D eigenvalue weighted by molar-refractivity contribution is 0.0883. The second kappa shape index (κ2) is 6.94. The van der Waals surface area contributed by atoms with Crippen molar-refractivity contribution in [1.82, 2.24) is 4.90 Å². The zero-order chi connectivity index (χ0) is 13.6. The third-order valence-corrected chi connectivity index (χ3v) is 3.94. The molecule has 1 aliphatic rings. The summed E-state index contributed by atoms with van der Waals surface area (Å²) in [5.41, 5.74) is 0. The molecule has 1 aliphatic heterocycles. The Kier molecular flexibility index (Phi) is 5.87. The van der Waals surface area contributed by atoms with Gasteiger partial charge in [0, 0.05) is 13.1 Å². The van der Waals surface area contributed by atoms with E-state index in [0.717, 1.165) is 12.8 Å². The van der Waals surface area contributed by atoms with Gasteiger partial charge in [-0.2, -0.15) is 8.42 Å². The van der Waals surface area contributed by atoms with Crippen molar-refractivity contribution in [3.63, 3.8) is 0 Å². The van der Waals surface area contributed by atoms with Crippen LogP contribution in [0.5, 0.6) is 0 Å². The van der Waals surface area contributed by atoms with Crippen LogP contribution in [-0.2, 0) is 14.9 Å². The van der Waals surface area contributed by atoms with Gasteiger partial charge in [0.2, 0.25) is 0 Å². The van der Waals surface area contributed by atoms with E-state index in [1.165, 1.54) is 0 Å². The topological polar surface area (TPSA) is 83.9 Å². The average Bonchev–Trinajstić information content (AvgIpc) is 2.28. The molecule has 0 aromatic carbocycles. The Morgan fingerprint density at radius 3 is 2.50 bits per heavy atom. The number of nitrogens with zero attached hydrogens (tertiary/aromatic N) is 1. The SMILES string of the molecule is CCCCOC(=O)N1CCC(CS(=O)(=O)O)CC1. The lowest BCUT2D eigenvalue weighted by Crippen LogP contribution is -2.40. The number of piperidine rings is 1. The summed E-state index contributed by atoms with van der Waals surface area (Å²) in [6.45, 7) is 3.44. The third kappa shape index (κ3) is 5.68. The average molecular weight is 279 g/mol. The number of amides is 1. The highest BCUT2D eigenvalue weighted by molar-refractivity contribution is 7.85. The van der Waals surface area contributed by atoms with Crippen LogP contribution in [0.2, 0.25) is 0 Å². The first kappa shape index (κ1) is 15.2. The quantitative estimate of drug-likeness (QED) is 0.609. The molecule has 0 aliphatic carbocycles. The van der Waals surface area contributed by atoms with Crippen LogP contribution in [0.4, 0.5) is 4.79 Å². The zero-order valence-corrected chi connectivity index (χ0v) is 11.5. The van der Waals surface area contributed by atoms with Crippen molar-refractivity contribution in [2.24, 2.45) is 5.92 Å². The smallest absolute Gasteiger partial charge is 0.409 e. The van der Waals surface area contributed by atoms with E-state index in [1.54, 1.807) is 4.90 Å². The molecule has 0 atom stereocenters. The maximum absolute atomic E-state index is 11.6. The molecule has 0 spiro atoms. The van der Waals surface area contributed by atoms with E-state index in [0.29, 0.717) is 32.5 Å². The first-order valence-electron chi connectivity index (χ1n) is 6.29. The highest BCUT2D eigenvalue weighted by atomic mass is 32.2. The summed E-state index contributed by atoms with van der Waals surface area (Å²) in [5.74, 6) is -0.286. The number of hydrogen-bond acceptors (Lipinski definition) is 4. The summed E-state index contributed by atoms with van der Waals surface area (Å²) in [6, 6.07) is 0. The summed E-state index contributed by atoms with van der Waals surface area (Å²) in [5, 5.41) is 0. The van der Waals surface area contributed by atoms with Crippen molar-refractivity contribution >= 4 is 16.2 Å². The number of unbranched alkanes of at least 4 members (excludes halogenated alkanes) is 1. The predicted octanol–water partition coefficient (Wildman–Crippen LogP) is 1.52. The second-order valence-electron chi connectivity index (χ2n) is 4.65. The van der Waals surface area contributed by atoms with E-state index in [2.05, 4.69) is 0 Å². The number of likely N-dealkylation sites (tertiary alicyclic amines) is 1. The molecule has 0 aromatic heterocycles. The van der Waals surface area contributed by atoms with E-state index in [-0.39, 0.29) is 17.8 Å². The molecule has 1 heterocycles. The normalized spacial score (nSPS) is 17.8. The predicted molar refractivity (Wildman–Crippen MR) is 67.0 cm³/mol. The molecule has 1 saturated heterocycles. The van der Waals surface area contributed by atoms with Crippen LogP contribution in [0.15, 0.2) is 0 Å². The molecule has 0 radical (unpaired) electrons. The van der Waals surface area contributed by atoms with E-state index >= 15 is 0 Å². The molecular formula is C11H21NO5S. The maximum Gasteiger partial charge on any atom is 0.409 e. The first-order valence-corrected chi connectivity index (χ1v) is 7.90. The number of carbonyl (C=O) groups is 1. The van der Waals surface area contributed by atoms with Crippen LogP contribution < -0.4 is 0 Å². The molecule has 0 saturated carbocycles. The number of carbonyl (C=O) groups excluding carboxylic acids is 1. The van der Waals surface area contributed by atoms with Gasteiger partial charge in [-0.1, -0.05) is 13.3 Å². The maximum atomic E-state index is 11.6. The van der Waals surface area contributed by atoms with Crippen LogP contribution in [0.1, 0.15) is 32.6 Å². The third-order valence-electron chi connectivity index (χ3n) is 3.04. The molecule has 18 heavy (non-hydrogen) atoms. The minimum absolute atomic E-state index is 0.0697. The van der Waals surface area contributed by atoms with Crippen LogP contribution in [0.25, 0.3) is 0 Å². The van der Waals surface area contributed by atoms with Gasteiger partial charge in [0.25, 0.3) is 10.1 Å². The van der Waals surface area contributed by atoms with Crippen molar-refractivity contribution in [3.05, 3.63) is 0 Å². The molecule has 1 amide bonds. The molecule has 0 unspecified atom stereocenters. The number of rotatable bonds is 5. The van der Waals surface area contributed by atoms with Crippen LogP contribution in [-0.4, -0.2) is 49.4 Å². The standard InChI is InChI=1S/C11H21NO5S/c1-2-3-8-17-11(13)12-6-4-10(5-7-12)9-18(14,15)16/h10H,2-9H2,1H3,(H,14,15,16). The molecule has 6 nitrogen and oxygen atoms in total. The Labute approximate surface area is 108 Å². The van der Waals surface area contributed by atoms with Gasteiger partial charge in [-0.25, -0.2) is 4.79 Å². The van der Waals surface area contributed by atoms with Gasteiger partial charge < -0.3 is 9.64 Å². The fraction of sp³-hybridized carbons (Fsp3) is 0.909. The molecule has 106 valence electrons. The molecule has 1 N–H and O–H groups in total. The van der Waals surface area contributed by atoms with Gasteiger partial charge in [0.1, 0.15) is 0 Å². The molecule has 0 aromatic rings. The fourth-order valence-corrected chi connectivity index (χ4v) is 2.90. The summed E-state index contributed by atoms with van der Waals surface area (Å²) < 4.78 is 35.3. The van der Waals surface area contributed by atoms with Crippen LogP contribution in [0, 0.1) is 5.92 Å². The lowest BCUT2D eigenvalue weighted by Gasteiger charge is -2.30. The van der Waals surface area contributed by atoms with Crippen LogP contribution in [0.3, 0.4) is 0 Å². The fourth-order valence-electron chi connectivity index (χ4n) is 1.98. The lowest BCUT2D eigenvalue weighted by atomic mass is 9.99. The van der Waals surface area contributed by atoms with Gasteiger partial charge in [-0.3, -0.25) is 4.55 Å². The Morgan fingerprint density at radius 1 is 1.39 bits per heavy atom. The minimum atomic E-state index is -3.91. The molecule has 0 bridgehead atoms. The van der Waals surface area contributed by atoms with Crippen LogP contribution >= 0.6 is 0 Å². The van der Waals surface area contributed by atoms with Crippen molar-refractivity contribution in [1.29, 1.82) is 0 Å². The van der Waals surface area contributed by atoms with Crippen molar-refractivity contribution in [2.75, 3.05) is 25.4 Å². The van der Waals surface area contributed by atoms with Gasteiger partial charge in [-0.05, 0) is 25.2 Å². The molecule has 7 heteroatoms. The molecule has 1 fully saturated rings. The van der Waals surface area contributed by atoms with Crippen molar-refractivity contribution in [3.8, 4) is 0 Å². The van der Waals surface area contributed by atoms with E-state index < -0.39 is 10.1 Å². The van der Waals surface area contributed by atoms with Gasteiger partial charge in [-0.15, -0.1) is 0 Å². The Bertz CT molecular complexity index is 360. The molecular weight excluding hydrogens is 258 g/mol. The Morgan fingerprint density at radius 2 is 2.00 bits per heavy atom. The van der Waals surface area contributed by atoms with E-state index in [9.17, 15) is 13.2 Å². The Hall–Kier alpha value is -0.820. The van der Waals surface area contributed by atoms with Gasteiger partial charge in [0.05, 0.1) is 12.4 Å². The van der Waals surface area contributed by atoms with Crippen molar-refractivity contribution in [2.45, 2.75) is 32.6 Å². The minimum Gasteiger partial charge on any atom is -0.449 e. The van der Waals surface area contributed by atoms with Crippen molar-refractivity contribution < 1.29 is 22.5 Å². The monoisotopic (exact) mass is 279 g/mol. The Balaban J connectivity index is 2.28. The summed E-state index contributed by atoms with van der Waals surface area (Å²) in [6.07, 6.45) is 2.67. The summed E-state index contributed by atoms with van der Waals surface area (Å²) in [4.78, 5) is 13.2. The zero-order valence-electron chi connectivity index (χ0n) is 10.7. The highest BCUT2D eigenvalue weighted by Crippen LogP contribution is 2.19. The van der Waals surface area contributed by atoms with E-state index in [1.807, 2.05) is 6.92 Å². The second-order valence-corrected chi connectivity index (χ2v) is 6.14. The molecule has 1 rings (SSSR count). The van der Waals surface area contributed by atoms with Gasteiger partial charge >= 0.3 is 6.09 Å². The first-order chi connectivity index (χ1) is 8.42. The largest absolute Gasteiger partial charge is 0.449 e. The summed E-state index contributed by atoms with van der Waals surface area (Å²) in [7, 11) is -3.91. The highest BCUT2D eigenvalue weighted by Gasteiger charge is 2.26. The van der Waals surface area contributed by atoms with E-state index in [4.69, 9.17) is 9.29 Å². The number of ether oxygens (including phenoxy) is 1. The number of hydrogen-bond donors (Lipinski definition) is 1.